The van der Waals surface area contributed by atoms with Crippen LogP contribution in [0.1, 0.15) is 33.2 Å². The number of rotatable bonds is 5. The fraction of sp³-hybridized carbons (Fsp3) is 0.429. The fourth-order valence-corrected chi connectivity index (χ4v) is 4.74. The number of hydrogen-bond donors (Lipinski definition) is 1. The van der Waals surface area contributed by atoms with Crippen molar-refractivity contribution in [1.29, 1.82) is 0 Å². The highest BCUT2D eigenvalue weighted by Crippen LogP contribution is 2.34. The second-order valence-corrected chi connectivity index (χ2v) is 9.31. The van der Waals surface area contributed by atoms with Gasteiger partial charge < -0.3 is 14.8 Å². The average Bonchev–Trinajstić information content (AvgIpc) is 3.32. The van der Waals surface area contributed by atoms with Gasteiger partial charge in [0.2, 0.25) is 5.91 Å². The van der Waals surface area contributed by atoms with E-state index in [1.54, 1.807) is 40.8 Å². The van der Waals surface area contributed by atoms with E-state index in [-0.39, 0.29) is 29.5 Å². The van der Waals surface area contributed by atoms with Gasteiger partial charge in [-0.25, -0.2) is 9.67 Å². The minimum absolute atomic E-state index is 0.162. The highest BCUT2D eigenvalue weighted by molar-refractivity contribution is 7.99. The maximum atomic E-state index is 13.2. The second kappa shape index (κ2) is 7.92. The molecule has 4 rings (SSSR count). The molecule has 3 heterocycles. The smallest absolute Gasteiger partial charge is 0.265 e. The van der Waals surface area contributed by atoms with E-state index in [9.17, 15) is 9.59 Å². The Kier molecular flexibility index (Phi) is 5.42. The van der Waals surface area contributed by atoms with Gasteiger partial charge >= 0.3 is 0 Å². The molecule has 31 heavy (non-hydrogen) atoms. The molecule has 1 aromatic carbocycles. The number of fused-ring (bicyclic) bond motifs is 2. The van der Waals surface area contributed by atoms with Gasteiger partial charge in [-0.15, -0.1) is 0 Å². The van der Waals surface area contributed by atoms with Gasteiger partial charge in [0.15, 0.2) is 22.3 Å². The van der Waals surface area contributed by atoms with Gasteiger partial charge in [-0.05, 0) is 32.9 Å². The molecule has 2 aromatic heterocycles. The number of nitrogens with one attached hydrogen (secondary N) is 1. The Bertz CT molecular complexity index is 1210. The number of nitrogens with zero attached hydrogens (tertiary/aromatic N) is 4. The molecule has 10 heteroatoms. The number of thioether (sulfide) groups is 1. The van der Waals surface area contributed by atoms with Crippen LogP contribution in [0.4, 0.5) is 5.69 Å². The number of ether oxygens (including phenoxy) is 2. The summed E-state index contributed by atoms with van der Waals surface area (Å²) in [6, 6.07) is 4.90. The van der Waals surface area contributed by atoms with Crippen LogP contribution >= 0.6 is 11.8 Å². The molecule has 9 nitrogen and oxygen atoms in total. The summed E-state index contributed by atoms with van der Waals surface area (Å²) in [4.78, 5) is 30.5. The number of methoxy groups -OCH3 is 2. The van der Waals surface area contributed by atoms with E-state index in [2.05, 4.69) is 10.4 Å². The Labute approximate surface area is 183 Å². The maximum Gasteiger partial charge on any atom is 0.265 e. The summed E-state index contributed by atoms with van der Waals surface area (Å²) in [6.07, 6.45) is 1.72. The summed E-state index contributed by atoms with van der Waals surface area (Å²) in [7, 11) is 3.09. The van der Waals surface area contributed by atoms with Crippen LogP contribution in [-0.4, -0.2) is 45.2 Å². The quantitative estimate of drug-likeness (QED) is 0.605. The third kappa shape index (κ3) is 3.87. The molecule has 0 saturated carbocycles. The average molecular weight is 444 g/mol. The summed E-state index contributed by atoms with van der Waals surface area (Å²) in [5.74, 6) is 1.53. The Balaban J connectivity index is 1.57. The van der Waals surface area contributed by atoms with Gasteiger partial charge in [0, 0.05) is 23.9 Å². The van der Waals surface area contributed by atoms with Crippen LogP contribution < -0.4 is 20.3 Å². The van der Waals surface area contributed by atoms with Crippen molar-refractivity contribution in [1.82, 2.24) is 19.3 Å². The maximum absolute atomic E-state index is 13.2. The van der Waals surface area contributed by atoms with Crippen LogP contribution in [0, 0.1) is 0 Å². The standard InChI is InChI=1S/C21H25N5O4S/c1-21(2,3)26-18-14(10-22-26)19(28)25-13(11-31-20(25)24-18)9-17(27)23-12-6-7-15(29-4)16(8-12)30-5/h6-8,10,13H,9,11H2,1-5H3,(H,23,27). The first-order valence-corrected chi connectivity index (χ1v) is 10.9. The largest absolute Gasteiger partial charge is 0.493 e. The molecule has 1 atom stereocenters. The summed E-state index contributed by atoms with van der Waals surface area (Å²) in [5.41, 5.74) is 0.721. The molecule has 0 aliphatic carbocycles. The first kappa shape index (κ1) is 21.2. The van der Waals surface area contributed by atoms with E-state index in [4.69, 9.17) is 14.5 Å². The normalized spacial score (nSPS) is 15.7. The van der Waals surface area contributed by atoms with Crippen LogP contribution in [0.3, 0.4) is 0 Å². The molecular formula is C21H25N5O4S. The van der Waals surface area contributed by atoms with E-state index in [0.717, 1.165) is 0 Å². The molecule has 1 aliphatic rings. The van der Waals surface area contributed by atoms with Crippen molar-refractivity contribution in [3.63, 3.8) is 0 Å². The van der Waals surface area contributed by atoms with Crippen molar-refractivity contribution < 1.29 is 14.3 Å². The number of anilines is 1. The van der Waals surface area contributed by atoms with Gasteiger partial charge in [0.25, 0.3) is 5.56 Å². The van der Waals surface area contributed by atoms with Crippen molar-refractivity contribution >= 4 is 34.4 Å². The molecule has 0 fully saturated rings. The summed E-state index contributed by atoms with van der Waals surface area (Å²) in [6.45, 7) is 6.04. The molecule has 164 valence electrons. The van der Waals surface area contributed by atoms with Gasteiger partial charge in [-0.2, -0.15) is 5.10 Å². The zero-order valence-electron chi connectivity index (χ0n) is 18.1. The van der Waals surface area contributed by atoms with Gasteiger partial charge in [0.05, 0.1) is 32.0 Å². The van der Waals surface area contributed by atoms with Crippen molar-refractivity contribution in [3.8, 4) is 11.5 Å². The third-order valence-electron chi connectivity index (χ3n) is 5.09. The topological polar surface area (TPSA) is 100 Å². The Morgan fingerprint density at radius 1 is 1.26 bits per heavy atom. The van der Waals surface area contributed by atoms with Crippen LogP contribution in [0.25, 0.3) is 11.0 Å². The molecule has 1 aliphatic heterocycles. The Morgan fingerprint density at radius 3 is 2.68 bits per heavy atom. The highest BCUT2D eigenvalue weighted by atomic mass is 32.2. The summed E-state index contributed by atoms with van der Waals surface area (Å²) < 4.78 is 13.9. The molecule has 1 N–H and O–H groups in total. The molecule has 1 unspecified atom stereocenters. The number of hydrogen-bond acceptors (Lipinski definition) is 7. The van der Waals surface area contributed by atoms with Crippen LogP contribution in [0.15, 0.2) is 34.3 Å². The van der Waals surface area contributed by atoms with E-state index in [0.29, 0.717) is 39.1 Å². The molecule has 3 aromatic rings. The number of carbonyl (C=O) groups excluding carboxylic acids is 1. The number of carbonyl (C=O) groups is 1. The first-order valence-electron chi connectivity index (χ1n) is 9.88. The van der Waals surface area contributed by atoms with Crippen molar-refractivity contribution in [2.45, 2.75) is 43.9 Å². The number of benzene rings is 1. The molecule has 0 bridgehead atoms. The fourth-order valence-electron chi connectivity index (χ4n) is 3.61. The van der Waals surface area contributed by atoms with Gasteiger partial charge in [0.1, 0.15) is 5.39 Å². The zero-order chi connectivity index (χ0) is 22.3. The second-order valence-electron chi connectivity index (χ2n) is 8.32. The SMILES string of the molecule is COc1ccc(NC(=O)CC2CSc3nc4c(cnn4C(C)(C)C)c(=O)n32)cc1OC. The van der Waals surface area contributed by atoms with E-state index < -0.39 is 0 Å². The third-order valence-corrected chi connectivity index (χ3v) is 6.19. The summed E-state index contributed by atoms with van der Waals surface area (Å²) >= 11 is 1.48. The zero-order valence-corrected chi connectivity index (χ0v) is 18.9. The van der Waals surface area contributed by atoms with Crippen molar-refractivity contribution in [2.24, 2.45) is 0 Å². The van der Waals surface area contributed by atoms with Crippen molar-refractivity contribution in [3.05, 3.63) is 34.7 Å². The van der Waals surface area contributed by atoms with E-state index in [1.165, 1.54) is 18.9 Å². The Hall–Kier alpha value is -3.01. The molecule has 0 spiro atoms. The summed E-state index contributed by atoms with van der Waals surface area (Å²) in [5, 5.41) is 8.32. The monoisotopic (exact) mass is 443 g/mol. The van der Waals surface area contributed by atoms with Crippen LogP contribution in [-0.2, 0) is 10.3 Å². The minimum Gasteiger partial charge on any atom is -0.493 e. The van der Waals surface area contributed by atoms with Crippen LogP contribution in [0.2, 0.25) is 0 Å². The molecule has 1 amide bonds. The van der Waals surface area contributed by atoms with Gasteiger partial charge in [-0.1, -0.05) is 11.8 Å². The lowest BCUT2D eigenvalue weighted by Crippen LogP contribution is -2.29. The molecule has 0 saturated heterocycles. The molecular weight excluding hydrogens is 418 g/mol. The lowest BCUT2D eigenvalue weighted by molar-refractivity contribution is -0.116. The Morgan fingerprint density at radius 2 is 2.00 bits per heavy atom. The van der Waals surface area contributed by atoms with E-state index in [1.807, 2.05) is 20.8 Å². The predicted molar refractivity (Wildman–Crippen MR) is 119 cm³/mol. The lowest BCUT2D eigenvalue weighted by Gasteiger charge is -2.20. The highest BCUT2D eigenvalue weighted by Gasteiger charge is 2.30. The first-order chi connectivity index (χ1) is 14.7. The van der Waals surface area contributed by atoms with E-state index >= 15 is 0 Å². The number of aromatic nitrogens is 4. The van der Waals surface area contributed by atoms with Crippen LogP contribution in [0.5, 0.6) is 11.5 Å². The number of amides is 1. The predicted octanol–water partition coefficient (Wildman–Crippen LogP) is 3.04. The minimum atomic E-state index is -0.290. The lowest BCUT2D eigenvalue weighted by atomic mass is 10.1. The van der Waals surface area contributed by atoms with Crippen molar-refractivity contribution in [2.75, 3.05) is 25.3 Å². The molecule has 0 radical (unpaired) electrons. The van der Waals surface area contributed by atoms with Gasteiger partial charge in [-0.3, -0.25) is 14.2 Å².